The molecule has 1 aromatic carbocycles. The lowest BCUT2D eigenvalue weighted by atomic mass is 9.71. The lowest BCUT2D eigenvalue weighted by Crippen LogP contribution is -2.20. The van der Waals surface area contributed by atoms with Crippen LogP contribution in [0.15, 0.2) is 18.2 Å². The molecule has 0 unspecified atom stereocenters. The topological polar surface area (TPSA) is 26.3 Å². The molecule has 0 aliphatic heterocycles. The van der Waals surface area contributed by atoms with Crippen molar-refractivity contribution in [2.75, 3.05) is 6.61 Å². The first-order valence-corrected chi connectivity index (χ1v) is 7.70. The van der Waals surface area contributed by atoms with Crippen LogP contribution < -0.4 is 0 Å². The largest absolute Gasteiger partial charge is 0.462 e. The van der Waals surface area contributed by atoms with Gasteiger partial charge in [0.2, 0.25) is 0 Å². The Hall–Kier alpha value is -1.31. The zero-order valence-electron chi connectivity index (χ0n) is 13.2. The van der Waals surface area contributed by atoms with E-state index in [1.165, 1.54) is 31.2 Å². The fraction of sp³-hybridized carbons (Fsp3) is 0.611. The molecule has 2 rings (SSSR count). The number of rotatable bonds is 3. The number of esters is 1. The highest BCUT2D eigenvalue weighted by atomic mass is 16.5. The molecule has 0 heterocycles. The Morgan fingerprint density at radius 1 is 1.30 bits per heavy atom. The van der Waals surface area contributed by atoms with Gasteiger partial charge in [-0.15, -0.1) is 0 Å². The van der Waals surface area contributed by atoms with E-state index in [9.17, 15) is 4.79 Å². The molecule has 0 amide bonds. The summed E-state index contributed by atoms with van der Waals surface area (Å²) >= 11 is 0. The van der Waals surface area contributed by atoms with Crippen molar-refractivity contribution in [2.45, 2.75) is 59.3 Å². The van der Waals surface area contributed by atoms with Crippen molar-refractivity contribution in [3.8, 4) is 0 Å². The summed E-state index contributed by atoms with van der Waals surface area (Å²) in [5.41, 5.74) is 3.61. The number of hydrogen-bond donors (Lipinski definition) is 0. The second-order valence-corrected chi connectivity index (χ2v) is 6.73. The molecule has 1 aliphatic carbocycles. The SMILES string of the molecule is CCOC(=O)c1ccc(C2CCC(C)(C)CC2)cc1C. The van der Waals surface area contributed by atoms with E-state index in [1.54, 1.807) is 0 Å². The molecule has 1 saturated carbocycles. The van der Waals surface area contributed by atoms with Gasteiger partial charge in [-0.05, 0) is 68.1 Å². The van der Waals surface area contributed by atoms with Gasteiger partial charge in [0.15, 0.2) is 0 Å². The normalized spacial score (nSPS) is 18.8. The van der Waals surface area contributed by atoms with Crippen LogP contribution in [0.25, 0.3) is 0 Å². The molecular formula is C18H26O2. The van der Waals surface area contributed by atoms with Crippen LogP contribution in [-0.2, 0) is 4.74 Å². The van der Waals surface area contributed by atoms with Gasteiger partial charge < -0.3 is 4.74 Å². The summed E-state index contributed by atoms with van der Waals surface area (Å²) in [4.78, 5) is 11.8. The minimum Gasteiger partial charge on any atom is -0.462 e. The number of hydrogen-bond acceptors (Lipinski definition) is 2. The quantitative estimate of drug-likeness (QED) is 0.736. The maximum Gasteiger partial charge on any atom is 0.338 e. The van der Waals surface area contributed by atoms with Crippen LogP contribution in [0, 0.1) is 12.3 Å². The highest BCUT2D eigenvalue weighted by Crippen LogP contribution is 2.42. The van der Waals surface area contributed by atoms with Gasteiger partial charge in [0.05, 0.1) is 12.2 Å². The van der Waals surface area contributed by atoms with Crippen molar-refractivity contribution in [3.05, 3.63) is 34.9 Å². The highest BCUT2D eigenvalue weighted by Gasteiger charge is 2.27. The molecule has 20 heavy (non-hydrogen) atoms. The van der Waals surface area contributed by atoms with Gasteiger partial charge in [-0.25, -0.2) is 4.79 Å². The van der Waals surface area contributed by atoms with E-state index < -0.39 is 0 Å². The monoisotopic (exact) mass is 274 g/mol. The van der Waals surface area contributed by atoms with E-state index in [4.69, 9.17) is 4.74 Å². The average molecular weight is 274 g/mol. The second-order valence-electron chi connectivity index (χ2n) is 6.73. The molecule has 2 heteroatoms. The fourth-order valence-corrected chi connectivity index (χ4v) is 3.11. The van der Waals surface area contributed by atoms with E-state index in [1.807, 2.05) is 19.9 Å². The average Bonchev–Trinajstić information content (AvgIpc) is 2.38. The maximum atomic E-state index is 11.8. The fourth-order valence-electron chi connectivity index (χ4n) is 3.11. The summed E-state index contributed by atoms with van der Waals surface area (Å²) in [5.74, 6) is 0.444. The first kappa shape index (κ1) is 15.1. The zero-order valence-corrected chi connectivity index (χ0v) is 13.2. The molecule has 1 aliphatic rings. The maximum absolute atomic E-state index is 11.8. The molecule has 0 spiro atoms. The summed E-state index contributed by atoms with van der Waals surface area (Å²) in [6, 6.07) is 6.22. The number of benzene rings is 1. The Labute approximate surface area is 122 Å². The Bertz CT molecular complexity index is 478. The molecule has 0 saturated heterocycles. The molecule has 1 aromatic rings. The summed E-state index contributed by atoms with van der Waals surface area (Å²) in [5, 5.41) is 0. The Balaban J connectivity index is 2.11. The first-order chi connectivity index (χ1) is 9.43. The van der Waals surface area contributed by atoms with E-state index in [0.717, 1.165) is 5.56 Å². The highest BCUT2D eigenvalue weighted by molar-refractivity contribution is 5.91. The van der Waals surface area contributed by atoms with Gasteiger partial charge in [-0.3, -0.25) is 0 Å². The first-order valence-electron chi connectivity index (χ1n) is 7.70. The van der Waals surface area contributed by atoms with Crippen molar-refractivity contribution >= 4 is 5.97 Å². The van der Waals surface area contributed by atoms with E-state index in [0.29, 0.717) is 23.5 Å². The molecule has 0 aromatic heterocycles. The lowest BCUT2D eigenvalue weighted by Gasteiger charge is -2.34. The Morgan fingerprint density at radius 2 is 1.95 bits per heavy atom. The van der Waals surface area contributed by atoms with Crippen LogP contribution in [0.4, 0.5) is 0 Å². The molecule has 1 fully saturated rings. The predicted octanol–water partition coefficient (Wildman–Crippen LogP) is 4.86. The van der Waals surface area contributed by atoms with E-state index >= 15 is 0 Å². The third-order valence-corrected chi connectivity index (χ3v) is 4.56. The van der Waals surface area contributed by atoms with E-state index in [2.05, 4.69) is 26.0 Å². The van der Waals surface area contributed by atoms with Gasteiger partial charge in [0.25, 0.3) is 0 Å². The van der Waals surface area contributed by atoms with Crippen LogP contribution in [0.5, 0.6) is 0 Å². The van der Waals surface area contributed by atoms with Gasteiger partial charge in [-0.2, -0.15) is 0 Å². The summed E-state index contributed by atoms with van der Waals surface area (Å²) in [6.45, 7) is 8.99. The second kappa shape index (κ2) is 5.99. The Morgan fingerprint density at radius 3 is 2.50 bits per heavy atom. The number of ether oxygens (including phenoxy) is 1. The molecule has 0 atom stereocenters. The zero-order chi connectivity index (χ0) is 14.8. The van der Waals surface area contributed by atoms with E-state index in [-0.39, 0.29) is 5.97 Å². The standard InChI is InChI=1S/C18H26O2/c1-5-20-17(19)16-7-6-15(12-13(16)2)14-8-10-18(3,4)11-9-14/h6-7,12,14H,5,8-11H2,1-4H3. The molecule has 110 valence electrons. The summed E-state index contributed by atoms with van der Waals surface area (Å²) < 4.78 is 5.08. The Kier molecular flexibility index (Phi) is 4.52. The van der Waals surface area contributed by atoms with Crippen LogP contribution in [-0.4, -0.2) is 12.6 Å². The lowest BCUT2D eigenvalue weighted by molar-refractivity contribution is 0.0525. The van der Waals surface area contributed by atoms with Gasteiger partial charge >= 0.3 is 5.97 Å². The summed E-state index contributed by atoms with van der Waals surface area (Å²) in [7, 11) is 0. The number of carbonyl (C=O) groups is 1. The minimum absolute atomic E-state index is 0.207. The van der Waals surface area contributed by atoms with Gasteiger partial charge in [-0.1, -0.05) is 26.0 Å². The number of carbonyl (C=O) groups excluding carboxylic acids is 1. The number of aryl methyl sites for hydroxylation is 1. The van der Waals surface area contributed by atoms with Crippen LogP contribution >= 0.6 is 0 Å². The predicted molar refractivity (Wildman–Crippen MR) is 82.1 cm³/mol. The van der Waals surface area contributed by atoms with Crippen LogP contribution in [0.1, 0.15) is 73.9 Å². The minimum atomic E-state index is -0.207. The molecule has 0 bridgehead atoms. The molecule has 0 N–H and O–H groups in total. The van der Waals surface area contributed by atoms with Crippen molar-refractivity contribution in [2.24, 2.45) is 5.41 Å². The van der Waals surface area contributed by atoms with Crippen molar-refractivity contribution in [1.82, 2.24) is 0 Å². The van der Waals surface area contributed by atoms with Gasteiger partial charge in [0.1, 0.15) is 0 Å². The van der Waals surface area contributed by atoms with Gasteiger partial charge in [0, 0.05) is 0 Å². The van der Waals surface area contributed by atoms with Crippen LogP contribution in [0.3, 0.4) is 0 Å². The third-order valence-electron chi connectivity index (χ3n) is 4.56. The van der Waals surface area contributed by atoms with Crippen molar-refractivity contribution in [1.29, 1.82) is 0 Å². The molecule has 0 radical (unpaired) electrons. The summed E-state index contributed by atoms with van der Waals surface area (Å²) in [6.07, 6.45) is 5.09. The third kappa shape index (κ3) is 3.41. The van der Waals surface area contributed by atoms with Crippen LogP contribution in [0.2, 0.25) is 0 Å². The van der Waals surface area contributed by atoms with Crippen molar-refractivity contribution < 1.29 is 9.53 Å². The van der Waals surface area contributed by atoms with Crippen molar-refractivity contribution in [3.63, 3.8) is 0 Å². The smallest absolute Gasteiger partial charge is 0.338 e. The molecule has 2 nitrogen and oxygen atoms in total. The molecular weight excluding hydrogens is 248 g/mol.